The van der Waals surface area contributed by atoms with E-state index in [1.807, 2.05) is 24.0 Å². The molecule has 1 saturated heterocycles. The molecule has 1 amide bonds. The Labute approximate surface area is 164 Å². The third-order valence-electron chi connectivity index (χ3n) is 5.69. The first kappa shape index (κ1) is 18.8. The summed E-state index contributed by atoms with van der Waals surface area (Å²) >= 11 is 0. The van der Waals surface area contributed by atoms with Crippen LogP contribution in [0.1, 0.15) is 40.4 Å². The average Bonchev–Trinajstić information content (AvgIpc) is 3.31. The highest BCUT2D eigenvalue weighted by Gasteiger charge is 2.29. The number of carbonyl (C=O) groups excluding carboxylic acids is 1. The van der Waals surface area contributed by atoms with Crippen LogP contribution in [0.5, 0.6) is 5.75 Å². The van der Waals surface area contributed by atoms with Crippen molar-refractivity contribution in [3.8, 4) is 5.75 Å². The van der Waals surface area contributed by atoms with Crippen molar-refractivity contribution in [2.75, 3.05) is 33.3 Å². The molecule has 0 aliphatic carbocycles. The van der Waals surface area contributed by atoms with Crippen LogP contribution in [-0.2, 0) is 19.5 Å². The smallest absolute Gasteiger partial charge is 0.259 e. The van der Waals surface area contributed by atoms with E-state index in [9.17, 15) is 9.59 Å². The molecule has 0 N–H and O–H groups in total. The van der Waals surface area contributed by atoms with Gasteiger partial charge in [0.2, 0.25) is 0 Å². The molecule has 2 aliphatic rings. The second-order valence-corrected chi connectivity index (χ2v) is 7.56. The maximum atomic E-state index is 13.2. The molecule has 7 heteroatoms. The summed E-state index contributed by atoms with van der Waals surface area (Å²) in [7, 11) is 1.52. The Morgan fingerprint density at radius 2 is 1.93 bits per heavy atom. The van der Waals surface area contributed by atoms with Gasteiger partial charge in [-0.1, -0.05) is 0 Å². The number of rotatable bonds is 4. The van der Waals surface area contributed by atoms with E-state index in [-0.39, 0.29) is 11.5 Å². The van der Waals surface area contributed by atoms with E-state index in [4.69, 9.17) is 9.15 Å². The lowest BCUT2D eigenvalue weighted by atomic mass is 10.1. The molecule has 0 radical (unpaired) electrons. The number of furan rings is 1. The minimum Gasteiger partial charge on any atom is -0.496 e. The molecular weight excluding hydrogens is 358 g/mol. The predicted molar refractivity (Wildman–Crippen MR) is 105 cm³/mol. The number of amides is 1. The Kier molecular flexibility index (Phi) is 5.26. The van der Waals surface area contributed by atoms with Gasteiger partial charge in [0.15, 0.2) is 0 Å². The first-order valence-electron chi connectivity index (χ1n) is 9.94. The largest absolute Gasteiger partial charge is 0.496 e. The second kappa shape index (κ2) is 7.83. The molecule has 0 unspecified atom stereocenters. The fraction of sp³-hybridized carbons (Fsp3) is 0.524. The molecule has 2 aliphatic heterocycles. The molecule has 2 aromatic heterocycles. The maximum absolute atomic E-state index is 13.2. The summed E-state index contributed by atoms with van der Waals surface area (Å²) in [5.74, 6) is 2.19. The van der Waals surface area contributed by atoms with Crippen molar-refractivity contribution in [2.45, 2.75) is 39.3 Å². The predicted octanol–water partition coefficient (Wildman–Crippen LogP) is 2.05. The Bertz CT molecular complexity index is 924. The number of aromatic nitrogens is 1. The van der Waals surface area contributed by atoms with Gasteiger partial charge in [-0.3, -0.25) is 14.5 Å². The van der Waals surface area contributed by atoms with Gasteiger partial charge < -0.3 is 18.6 Å². The lowest BCUT2D eigenvalue weighted by molar-refractivity contribution is 0.0787. The lowest BCUT2D eigenvalue weighted by Gasteiger charge is -2.21. The highest BCUT2D eigenvalue weighted by Crippen LogP contribution is 2.26. The minimum absolute atomic E-state index is 0.0202. The van der Waals surface area contributed by atoms with Gasteiger partial charge in [0, 0.05) is 50.9 Å². The Balaban J connectivity index is 1.64. The van der Waals surface area contributed by atoms with Gasteiger partial charge in [-0.25, -0.2) is 0 Å². The van der Waals surface area contributed by atoms with Crippen molar-refractivity contribution in [1.29, 1.82) is 0 Å². The molecule has 0 atom stereocenters. The molecule has 2 aromatic rings. The molecule has 7 nitrogen and oxygen atoms in total. The fourth-order valence-electron chi connectivity index (χ4n) is 4.21. The van der Waals surface area contributed by atoms with Crippen LogP contribution in [-0.4, -0.2) is 53.6 Å². The second-order valence-electron chi connectivity index (χ2n) is 7.56. The summed E-state index contributed by atoms with van der Waals surface area (Å²) in [6.07, 6.45) is 2.68. The SMILES string of the molecule is COc1cc(=O)n2c(c1C(=O)N1CCCC1)CCN(Cc1ccc(C)o1)CC2. The maximum Gasteiger partial charge on any atom is 0.259 e. The standard InChI is InChI=1S/C21H27N3O4/c1-15-5-6-16(28-15)14-22-10-7-17-20(21(26)23-8-3-4-9-23)18(27-2)13-19(25)24(17)12-11-22/h5-6,13H,3-4,7-12,14H2,1-2H3. The van der Waals surface area contributed by atoms with Crippen LogP contribution < -0.4 is 10.3 Å². The van der Waals surface area contributed by atoms with E-state index in [2.05, 4.69) is 4.90 Å². The van der Waals surface area contributed by atoms with Crippen LogP contribution >= 0.6 is 0 Å². The number of pyridine rings is 1. The quantitative estimate of drug-likeness (QED) is 0.806. The molecule has 0 aromatic carbocycles. The molecule has 150 valence electrons. The summed E-state index contributed by atoms with van der Waals surface area (Å²) in [5.41, 5.74) is 1.24. The van der Waals surface area contributed by atoms with Gasteiger partial charge in [0.05, 0.1) is 13.7 Å². The van der Waals surface area contributed by atoms with Crippen LogP contribution in [0.2, 0.25) is 0 Å². The van der Waals surface area contributed by atoms with Gasteiger partial charge in [0.1, 0.15) is 22.8 Å². The Morgan fingerprint density at radius 3 is 2.61 bits per heavy atom. The van der Waals surface area contributed by atoms with Crippen LogP contribution in [0.4, 0.5) is 0 Å². The number of hydrogen-bond acceptors (Lipinski definition) is 5. The van der Waals surface area contributed by atoms with Gasteiger partial charge in [-0.15, -0.1) is 0 Å². The van der Waals surface area contributed by atoms with Crippen LogP contribution in [0, 0.1) is 6.92 Å². The molecule has 4 heterocycles. The molecule has 0 bridgehead atoms. The first-order valence-corrected chi connectivity index (χ1v) is 9.94. The number of likely N-dealkylation sites (tertiary alicyclic amines) is 1. The zero-order valence-electron chi connectivity index (χ0n) is 16.6. The first-order chi connectivity index (χ1) is 13.6. The van der Waals surface area contributed by atoms with Crippen molar-refractivity contribution < 1.29 is 13.9 Å². The van der Waals surface area contributed by atoms with Gasteiger partial charge in [0.25, 0.3) is 11.5 Å². The zero-order chi connectivity index (χ0) is 19.7. The van der Waals surface area contributed by atoms with E-state index < -0.39 is 0 Å². The summed E-state index contributed by atoms with van der Waals surface area (Å²) in [6.45, 7) is 6.21. The number of methoxy groups -OCH3 is 1. The van der Waals surface area contributed by atoms with E-state index >= 15 is 0 Å². The third-order valence-corrected chi connectivity index (χ3v) is 5.69. The van der Waals surface area contributed by atoms with Crippen LogP contribution in [0.15, 0.2) is 27.4 Å². The Hall–Kier alpha value is -2.54. The highest BCUT2D eigenvalue weighted by molar-refractivity contribution is 5.98. The normalized spacial score (nSPS) is 17.4. The average molecular weight is 385 g/mol. The van der Waals surface area contributed by atoms with Gasteiger partial charge in [-0.05, 0) is 31.9 Å². The molecule has 1 fully saturated rings. The molecule has 4 rings (SSSR count). The fourth-order valence-corrected chi connectivity index (χ4v) is 4.21. The van der Waals surface area contributed by atoms with E-state index in [0.717, 1.165) is 56.2 Å². The van der Waals surface area contributed by atoms with Crippen molar-refractivity contribution in [3.05, 3.63) is 51.3 Å². The van der Waals surface area contributed by atoms with Crippen molar-refractivity contribution in [3.63, 3.8) is 0 Å². The van der Waals surface area contributed by atoms with Gasteiger partial charge in [-0.2, -0.15) is 0 Å². The van der Waals surface area contributed by atoms with E-state index in [0.29, 0.717) is 30.8 Å². The van der Waals surface area contributed by atoms with Crippen molar-refractivity contribution >= 4 is 5.91 Å². The minimum atomic E-state index is -0.111. The third kappa shape index (κ3) is 3.58. The molecular formula is C21H27N3O4. The number of ether oxygens (including phenoxy) is 1. The summed E-state index contributed by atoms with van der Waals surface area (Å²) in [6, 6.07) is 5.41. The lowest BCUT2D eigenvalue weighted by Crippen LogP contribution is -2.33. The number of aryl methyl sites for hydroxylation is 1. The van der Waals surface area contributed by atoms with Crippen LogP contribution in [0.25, 0.3) is 0 Å². The molecule has 28 heavy (non-hydrogen) atoms. The number of fused-ring (bicyclic) bond motifs is 1. The summed E-state index contributed by atoms with van der Waals surface area (Å²) in [4.78, 5) is 30.0. The topological polar surface area (TPSA) is 67.9 Å². The number of carbonyl (C=O) groups is 1. The number of nitrogens with zero attached hydrogens (tertiary/aromatic N) is 3. The molecule has 0 spiro atoms. The Morgan fingerprint density at radius 1 is 1.14 bits per heavy atom. The summed E-state index contributed by atoms with van der Waals surface area (Å²) < 4.78 is 12.9. The number of hydrogen-bond donors (Lipinski definition) is 0. The van der Waals surface area contributed by atoms with E-state index in [1.165, 1.54) is 13.2 Å². The summed E-state index contributed by atoms with van der Waals surface area (Å²) in [5, 5.41) is 0. The highest BCUT2D eigenvalue weighted by atomic mass is 16.5. The van der Waals surface area contributed by atoms with Crippen LogP contribution in [0.3, 0.4) is 0 Å². The van der Waals surface area contributed by atoms with Crippen molar-refractivity contribution in [2.24, 2.45) is 0 Å². The monoisotopic (exact) mass is 385 g/mol. The van der Waals surface area contributed by atoms with E-state index in [1.54, 1.807) is 4.57 Å². The van der Waals surface area contributed by atoms with Crippen molar-refractivity contribution in [1.82, 2.24) is 14.4 Å². The molecule has 0 saturated carbocycles. The zero-order valence-corrected chi connectivity index (χ0v) is 16.6. The van der Waals surface area contributed by atoms with Gasteiger partial charge >= 0.3 is 0 Å².